The van der Waals surface area contributed by atoms with Crippen LogP contribution in [0.15, 0.2) is 53.5 Å². The number of nitrogens with zero attached hydrogens (tertiary/aromatic N) is 1. The molecule has 0 unspecified atom stereocenters. The first kappa shape index (κ1) is 30.9. The van der Waals surface area contributed by atoms with Crippen LogP contribution >= 0.6 is 0 Å². The summed E-state index contributed by atoms with van der Waals surface area (Å²) in [5.41, 5.74) is -1.11. The minimum Gasteiger partial charge on any atom is -0.457 e. The highest BCUT2D eigenvalue weighted by Crippen LogP contribution is 2.25. The van der Waals surface area contributed by atoms with Gasteiger partial charge in [-0.2, -0.15) is 0 Å². The van der Waals surface area contributed by atoms with Gasteiger partial charge in [-0.1, -0.05) is 0 Å². The van der Waals surface area contributed by atoms with Gasteiger partial charge in [-0.05, 0) is 111 Å². The average Bonchev–Trinajstić information content (AvgIpc) is 2.72. The Labute approximate surface area is 229 Å². The Morgan fingerprint density at radius 2 is 0.974 bits per heavy atom. The third-order valence-corrected chi connectivity index (χ3v) is 4.05. The van der Waals surface area contributed by atoms with Crippen LogP contribution in [0.25, 0.3) is 0 Å². The zero-order valence-corrected chi connectivity index (χ0v) is 23.9. The third-order valence-electron chi connectivity index (χ3n) is 4.05. The van der Waals surface area contributed by atoms with E-state index in [1.54, 1.807) is 111 Å². The minimum absolute atomic E-state index is 0.166. The molecule has 0 fully saturated rings. The topological polar surface area (TPSA) is 137 Å². The summed E-state index contributed by atoms with van der Waals surface area (Å²) >= 11 is 0. The van der Waals surface area contributed by atoms with Crippen molar-refractivity contribution in [3.8, 4) is 11.5 Å². The Morgan fingerprint density at radius 3 is 1.38 bits per heavy atom. The SMILES string of the molecule is CC(C)(C)OC(=O)NC(=Nc1ccc(Oc2ccc(NC(=O)OC(C)(C)C)cc2)cc1)NC(=O)OC(C)(C)C. The van der Waals surface area contributed by atoms with E-state index in [-0.39, 0.29) is 5.96 Å². The van der Waals surface area contributed by atoms with E-state index in [9.17, 15) is 14.4 Å². The number of carbonyl (C=O) groups excluding carboxylic acids is 3. The molecule has 0 aromatic heterocycles. The number of amides is 3. The molecule has 2 aromatic carbocycles. The summed E-state index contributed by atoms with van der Waals surface area (Å²) in [6.07, 6.45) is -2.13. The Hall–Kier alpha value is -4.28. The van der Waals surface area contributed by atoms with Crippen LogP contribution in [0.2, 0.25) is 0 Å². The number of hydrogen-bond donors (Lipinski definition) is 3. The molecule has 0 aliphatic rings. The molecule has 0 saturated carbocycles. The zero-order chi connectivity index (χ0) is 29.4. The largest absolute Gasteiger partial charge is 0.457 e. The summed E-state index contributed by atoms with van der Waals surface area (Å²) in [4.78, 5) is 40.8. The van der Waals surface area contributed by atoms with Gasteiger partial charge in [-0.3, -0.25) is 16.0 Å². The molecular formula is C28H38N4O7. The molecule has 0 bridgehead atoms. The van der Waals surface area contributed by atoms with Gasteiger partial charge < -0.3 is 18.9 Å². The molecule has 0 heterocycles. The van der Waals surface area contributed by atoms with Crippen LogP contribution in [0.5, 0.6) is 11.5 Å². The molecule has 0 aliphatic carbocycles. The summed E-state index contributed by atoms with van der Waals surface area (Å²) in [5.74, 6) is 0.892. The summed E-state index contributed by atoms with van der Waals surface area (Å²) in [5, 5.41) is 7.52. The van der Waals surface area contributed by atoms with E-state index in [1.807, 2.05) is 0 Å². The fourth-order valence-corrected chi connectivity index (χ4v) is 2.77. The second kappa shape index (κ2) is 12.5. The van der Waals surface area contributed by atoms with Gasteiger partial charge in [0.1, 0.15) is 28.3 Å². The predicted molar refractivity (Wildman–Crippen MR) is 149 cm³/mol. The summed E-state index contributed by atoms with van der Waals surface area (Å²) in [6, 6.07) is 13.4. The van der Waals surface area contributed by atoms with Gasteiger partial charge in [0.2, 0.25) is 5.96 Å². The van der Waals surface area contributed by atoms with Gasteiger partial charge in [-0.15, -0.1) is 0 Å². The fourth-order valence-electron chi connectivity index (χ4n) is 2.77. The number of alkyl carbamates (subject to hydrolysis) is 2. The van der Waals surface area contributed by atoms with Crippen LogP contribution in [0.3, 0.4) is 0 Å². The maximum atomic E-state index is 12.3. The number of ether oxygens (including phenoxy) is 4. The van der Waals surface area contributed by atoms with Crippen molar-refractivity contribution in [1.82, 2.24) is 10.6 Å². The van der Waals surface area contributed by atoms with Crippen molar-refractivity contribution in [3.63, 3.8) is 0 Å². The van der Waals surface area contributed by atoms with Crippen molar-refractivity contribution in [1.29, 1.82) is 0 Å². The Balaban J connectivity index is 2.10. The lowest BCUT2D eigenvalue weighted by atomic mass is 10.2. The summed E-state index contributed by atoms with van der Waals surface area (Å²) in [6.45, 7) is 15.7. The van der Waals surface area contributed by atoms with Crippen LogP contribution < -0.4 is 20.7 Å². The van der Waals surface area contributed by atoms with E-state index < -0.39 is 35.1 Å². The number of guanidine groups is 1. The number of anilines is 1. The lowest BCUT2D eigenvalue weighted by molar-refractivity contribution is 0.0542. The molecule has 0 atom stereocenters. The molecule has 2 aromatic rings. The van der Waals surface area contributed by atoms with Gasteiger partial charge in [0.15, 0.2) is 0 Å². The van der Waals surface area contributed by atoms with E-state index in [1.165, 1.54) is 0 Å². The monoisotopic (exact) mass is 542 g/mol. The number of benzene rings is 2. The van der Waals surface area contributed by atoms with Gasteiger partial charge in [-0.25, -0.2) is 19.4 Å². The predicted octanol–water partition coefficient (Wildman–Crippen LogP) is 6.86. The fraction of sp³-hybridized carbons (Fsp3) is 0.429. The first-order valence-corrected chi connectivity index (χ1v) is 12.3. The molecular weight excluding hydrogens is 504 g/mol. The molecule has 11 nitrogen and oxygen atoms in total. The van der Waals surface area contributed by atoms with Crippen molar-refractivity contribution in [3.05, 3.63) is 48.5 Å². The Morgan fingerprint density at radius 1 is 0.590 bits per heavy atom. The third kappa shape index (κ3) is 13.2. The quantitative estimate of drug-likeness (QED) is 0.218. The molecule has 3 amide bonds. The number of rotatable bonds is 4. The van der Waals surface area contributed by atoms with Gasteiger partial charge in [0.05, 0.1) is 5.69 Å². The molecule has 0 saturated heterocycles. The molecule has 2 rings (SSSR count). The number of nitrogens with one attached hydrogen (secondary N) is 3. The van der Waals surface area contributed by atoms with Crippen molar-refractivity contribution in [2.45, 2.75) is 79.1 Å². The second-order valence-electron chi connectivity index (χ2n) is 11.5. The van der Waals surface area contributed by atoms with Crippen LogP contribution in [-0.4, -0.2) is 41.0 Å². The van der Waals surface area contributed by atoms with E-state index >= 15 is 0 Å². The van der Waals surface area contributed by atoms with Crippen molar-refractivity contribution in [2.24, 2.45) is 4.99 Å². The maximum absolute atomic E-state index is 12.3. The second-order valence-corrected chi connectivity index (χ2v) is 11.5. The van der Waals surface area contributed by atoms with Crippen molar-refractivity contribution in [2.75, 3.05) is 5.32 Å². The first-order chi connectivity index (χ1) is 17.9. The molecule has 0 spiro atoms. The maximum Gasteiger partial charge on any atom is 0.414 e. The Bertz CT molecular complexity index is 1140. The Kier molecular flexibility index (Phi) is 9.92. The average molecular weight is 543 g/mol. The van der Waals surface area contributed by atoms with Crippen LogP contribution in [0.1, 0.15) is 62.3 Å². The number of aliphatic imine (C=N–C) groups is 1. The normalized spacial score (nSPS) is 11.5. The van der Waals surface area contributed by atoms with Crippen molar-refractivity contribution < 1.29 is 33.3 Å². The molecule has 3 N–H and O–H groups in total. The highest BCUT2D eigenvalue weighted by molar-refractivity contribution is 6.02. The summed E-state index contributed by atoms with van der Waals surface area (Å²) < 4.78 is 21.6. The standard InChI is InChI=1S/C28H38N4O7/c1-26(2,3)37-23(33)30-19-12-16-21(17-13-19)36-20-14-10-18(11-15-20)29-22(31-24(34)38-27(4,5)6)32-25(35)39-28(7,8)9/h10-17H,1-9H3,(H,30,33)(H2,29,31,32,34,35). The molecule has 212 valence electrons. The lowest BCUT2D eigenvalue weighted by Gasteiger charge is -2.22. The molecule has 39 heavy (non-hydrogen) atoms. The molecule has 11 heteroatoms. The molecule has 0 aliphatic heterocycles. The van der Waals surface area contributed by atoms with E-state index in [4.69, 9.17) is 18.9 Å². The highest BCUT2D eigenvalue weighted by Gasteiger charge is 2.21. The zero-order valence-electron chi connectivity index (χ0n) is 23.9. The van der Waals surface area contributed by atoms with Crippen LogP contribution in [0.4, 0.5) is 25.8 Å². The smallest absolute Gasteiger partial charge is 0.414 e. The van der Waals surface area contributed by atoms with Gasteiger partial charge >= 0.3 is 18.3 Å². The van der Waals surface area contributed by atoms with Gasteiger partial charge in [0, 0.05) is 5.69 Å². The molecule has 0 radical (unpaired) electrons. The van der Waals surface area contributed by atoms with Crippen LogP contribution in [-0.2, 0) is 14.2 Å². The van der Waals surface area contributed by atoms with Crippen molar-refractivity contribution >= 4 is 35.6 Å². The van der Waals surface area contributed by atoms with E-state index in [0.717, 1.165) is 0 Å². The summed E-state index contributed by atoms with van der Waals surface area (Å²) in [7, 11) is 0. The van der Waals surface area contributed by atoms with Crippen LogP contribution in [0, 0.1) is 0 Å². The number of carbonyl (C=O) groups is 3. The first-order valence-electron chi connectivity index (χ1n) is 12.3. The highest BCUT2D eigenvalue weighted by atomic mass is 16.6. The number of hydrogen-bond acceptors (Lipinski definition) is 8. The van der Waals surface area contributed by atoms with Gasteiger partial charge in [0.25, 0.3) is 0 Å². The van der Waals surface area contributed by atoms with E-state index in [0.29, 0.717) is 22.9 Å². The van der Waals surface area contributed by atoms with E-state index in [2.05, 4.69) is 20.9 Å². The lowest BCUT2D eigenvalue weighted by Crippen LogP contribution is -2.47. The minimum atomic E-state index is -0.790.